The number of fused-ring (bicyclic) bond motifs is 3. The van der Waals surface area contributed by atoms with Crippen LogP contribution in [-0.2, 0) is 0 Å². The first-order chi connectivity index (χ1) is 8.83. The van der Waals surface area contributed by atoms with Crippen LogP contribution in [0.2, 0.25) is 0 Å². The van der Waals surface area contributed by atoms with Crippen molar-refractivity contribution < 1.29 is 0 Å². The van der Waals surface area contributed by atoms with Crippen LogP contribution in [-0.4, -0.2) is 37.0 Å². The highest BCUT2D eigenvalue weighted by Gasteiger charge is 2.41. The monoisotopic (exact) mass is 263 g/mol. The van der Waals surface area contributed by atoms with Crippen LogP contribution >= 0.6 is 11.6 Å². The zero-order chi connectivity index (χ0) is 12.1. The Kier molecular flexibility index (Phi) is 2.24. The summed E-state index contributed by atoms with van der Waals surface area (Å²) in [6.07, 6.45) is 9.95. The molecule has 18 heavy (non-hydrogen) atoms. The first-order valence-corrected chi connectivity index (χ1v) is 6.83. The number of alkyl halides is 1. The van der Waals surface area contributed by atoms with Crippen molar-refractivity contribution in [2.75, 3.05) is 4.90 Å². The van der Waals surface area contributed by atoms with Gasteiger partial charge in [-0.25, -0.2) is 4.98 Å². The summed E-state index contributed by atoms with van der Waals surface area (Å²) in [5.41, 5.74) is 0.849. The fourth-order valence-corrected chi connectivity index (χ4v) is 3.80. The van der Waals surface area contributed by atoms with E-state index in [4.69, 9.17) is 11.6 Å². The smallest absolute Gasteiger partial charge is 0.203 e. The summed E-state index contributed by atoms with van der Waals surface area (Å²) in [4.78, 5) is 6.95. The molecule has 0 aliphatic carbocycles. The van der Waals surface area contributed by atoms with Crippen LogP contribution in [0.1, 0.15) is 25.7 Å². The van der Waals surface area contributed by atoms with Gasteiger partial charge in [0.1, 0.15) is 6.33 Å². The largest absolute Gasteiger partial charge is 0.347 e. The van der Waals surface area contributed by atoms with Gasteiger partial charge in [-0.3, -0.25) is 4.40 Å². The van der Waals surface area contributed by atoms with Gasteiger partial charge < -0.3 is 4.90 Å². The van der Waals surface area contributed by atoms with Crippen molar-refractivity contribution in [3.63, 3.8) is 0 Å². The second-order valence-electron chi connectivity index (χ2n) is 5.17. The Labute approximate surface area is 110 Å². The fraction of sp³-hybridized carbons (Fsp3) is 0.583. The lowest BCUT2D eigenvalue weighted by molar-refractivity contribution is 0.471. The number of halogens is 1. The van der Waals surface area contributed by atoms with Gasteiger partial charge in [-0.15, -0.1) is 21.8 Å². The van der Waals surface area contributed by atoms with Gasteiger partial charge in [0.25, 0.3) is 0 Å². The maximum absolute atomic E-state index is 6.32. The second kappa shape index (κ2) is 3.82. The van der Waals surface area contributed by atoms with Gasteiger partial charge in [0.05, 0.1) is 0 Å². The summed E-state index contributed by atoms with van der Waals surface area (Å²) in [7, 11) is 0. The van der Waals surface area contributed by atoms with Gasteiger partial charge in [-0.2, -0.15) is 0 Å². The average molecular weight is 264 g/mol. The van der Waals surface area contributed by atoms with E-state index in [1.54, 1.807) is 6.33 Å². The molecule has 4 rings (SSSR count). The molecule has 0 saturated carbocycles. The SMILES string of the molecule is ClC1CC2CCC(C1)N2c1nccn2cnnc12. The molecule has 94 valence electrons. The molecule has 2 aromatic rings. The first kappa shape index (κ1) is 10.6. The second-order valence-corrected chi connectivity index (χ2v) is 5.79. The lowest BCUT2D eigenvalue weighted by atomic mass is 10.0. The number of hydrogen-bond donors (Lipinski definition) is 0. The highest BCUT2D eigenvalue weighted by Crippen LogP contribution is 2.40. The molecule has 2 saturated heterocycles. The number of aromatic nitrogens is 4. The standard InChI is InChI=1S/C12H14ClN5/c13-8-5-9-1-2-10(6-8)18(9)11-12-16-15-7-17(12)4-3-14-11/h3-4,7-10H,1-2,5-6H2. The normalized spacial score (nSPS) is 31.2. The Bertz CT molecular complexity index is 569. The maximum atomic E-state index is 6.32. The topological polar surface area (TPSA) is 46.3 Å². The minimum Gasteiger partial charge on any atom is -0.347 e. The van der Waals surface area contributed by atoms with E-state index in [1.165, 1.54) is 12.8 Å². The molecule has 2 unspecified atom stereocenters. The Hall–Kier alpha value is -1.36. The quantitative estimate of drug-likeness (QED) is 0.737. The minimum absolute atomic E-state index is 0.316. The van der Waals surface area contributed by atoms with Crippen LogP contribution in [0.5, 0.6) is 0 Å². The third-order valence-electron chi connectivity index (χ3n) is 4.12. The lowest BCUT2D eigenvalue weighted by Gasteiger charge is -2.37. The molecular formula is C12H14ClN5. The summed E-state index contributed by atoms with van der Waals surface area (Å²) in [6.45, 7) is 0. The van der Waals surface area contributed by atoms with E-state index in [0.717, 1.165) is 24.3 Å². The average Bonchev–Trinajstić information content (AvgIpc) is 2.92. The number of piperidine rings is 1. The van der Waals surface area contributed by atoms with E-state index in [2.05, 4.69) is 20.1 Å². The van der Waals surface area contributed by atoms with Crippen molar-refractivity contribution in [2.24, 2.45) is 0 Å². The van der Waals surface area contributed by atoms with Crippen LogP contribution in [0.4, 0.5) is 5.82 Å². The Morgan fingerprint density at radius 2 is 2.00 bits per heavy atom. The first-order valence-electron chi connectivity index (χ1n) is 6.39. The molecule has 0 spiro atoms. The van der Waals surface area contributed by atoms with Crippen LogP contribution in [0.15, 0.2) is 18.7 Å². The van der Waals surface area contributed by atoms with E-state index in [1.807, 2.05) is 16.8 Å². The molecule has 2 atom stereocenters. The number of nitrogens with zero attached hydrogens (tertiary/aromatic N) is 5. The third-order valence-corrected chi connectivity index (χ3v) is 4.47. The van der Waals surface area contributed by atoms with E-state index >= 15 is 0 Å². The highest BCUT2D eigenvalue weighted by atomic mass is 35.5. The van der Waals surface area contributed by atoms with Crippen molar-refractivity contribution in [1.29, 1.82) is 0 Å². The third kappa shape index (κ3) is 1.43. The van der Waals surface area contributed by atoms with E-state index < -0.39 is 0 Å². The summed E-state index contributed by atoms with van der Waals surface area (Å²) in [5.74, 6) is 0.964. The Morgan fingerprint density at radius 3 is 2.78 bits per heavy atom. The maximum Gasteiger partial charge on any atom is 0.203 e. The molecule has 2 bridgehead atoms. The lowest BCUT2D eigenvalue weighted by Crippen LogP contribution is -2.44. The van der Waals surface area contributed by atoms with Crippen LogP contribution in [0.3, 0.4) is 0 Å². The summed E-state index contributed by atoms with van der Waals surface area (Å²) in [6, 6.07) is 1.03. The summed E-state index contributed by atoms with van der Waals surface area (Å²) >= 11 is 6.32. The molecule has 0 N–H and O–H groups in total. The predicted octanol–water partition coefficient (Wildman–Crippen LogP) is 1.86. The van der Waals surface area contributed by atoms with Gasteiger partial charge in [0.15, 0.2) is 5.82 Å². The molecule has 2 aromatic heterocycles. The molecule has 2 fully saturated rings. The Balaban J connectivity index is 1.81. The van der Waals surface area contributed by atoms with E-state index in [0.29, 0.717) is 17.5 Å². The van der Waals surface area contributed by atoms with Gasteiger partial charge >= 0.3 is 0 Å². The Morgan fingerprint density at radius 1 is 1.22 bits per heavy atom. The molecule has 4 heterocycles. The number of hydrogen-bond acceptors (Lipinski definition) is 4. The summed E-state index contributed by atoms with van der Waals surface area (Å²) < 4.78 is 1.93. The number of rotatable bonds is 1. The molecule has 2 aliphatic heterocycles. The van der Waals surface area contributed by atoms with Crippen molar-refractivity contribution in [2.45, 2.75) is 43.1 Å². The van der Waals surface area contributed by atoms with Crippen molar-refractivity contribution in [3.8, 4) is 0 Å². The zero-order valence-electron chi connectivity index (χ0n) is 9.91. The minimum atomic E-state index is 0.316. The van der Waals surface area contributed by atoms with Crippen molar-refractivity contribution in [3.05, 3.63) is 18.7 Å². The van der Waals surface area contributed by atoms with Crippen LogP contribution in [0, 0.1) is 0 Å². The van der Waals surface area contributed by atoms with Crippen LogP contribution < -0.4 is 4.90 Å². The van der Waals surface area contributed by atoms with E-state index in [9.17, 15) is 0 Å². The molecule has 5 nitrogen and oxygen atoms in total. The highest BCUT2D eigenvalue weighted by molar-refractivity contribution is 6.20. The van der Waals surface area contributed by atoms with Gasteiger partial charge in [0.2, 0.25) is 5.65 Å². The molecule has 6 heteroatoms. The summed E-state index contributed by atoms with van der Waals surface area (Å²) in [5, 5.41) is 8.46. The molecule has 0 aromatic carbocycles. The molecule has 2 aliphatic rings. The molecular weight excluding hydrogens is 250 g/mol. The fourth-order valence-electron chi connectivity index (χ4n) is 3.38. The zero-order valence-corrected chi connectivity index (χ0v) is 10.7. The van der Waals surface area contributed by atoms with Gasteiger partial charge in [0, 0.05) is 29.9 Å². The molecule has 0 amide bonds. The van der Waals surface area contributed by atoms with Crippen molar-refractivity contribution in [1.82, 2.24) is 19.6 Å². The van der Waals surface area contributed by atoms with Gasteiger partial charge in [-0.05, 0) is 25.7 Å². The van der Waals surface area contributed by atoms with Crippen LogP contribution in [0.25, 0.3) is 5.65 Å². The predicted molar refractivity (Wildman–Crippen MR) is 68.9 cm³/mol. The van der Waals surface area contributed by atoms with Crippen molar-refractivity contribution >= 4 is 23.1 Å². The number of anilines is 1. The van der Waals surface area contributed by atoms with Gasteiger partial charge in [-0.1, -0.05) is 0 Å². The van der Waals surface area contributed by atoms with E-state index in [-0.39, 0.29) is 0 Å². The molecule has 0 radical (unpaired) electrons.